The summed E-state index contributed by atoms with van der Waals surface area (Å²) in [7, 11) is 2.19. The van der Waals surface area contributed by atoms with Gasteiger partial charge < -0.3 is 19.3 Å². The lowest BCUT2D eigenvalue weighted by Gasteiger charge is -2.32. The Labute approximate surface area is 147 Å². The van der Waals surface area contributed by atoms with E-state index in [1.54, 1.807) is 0 Å². The number of likely N-dealkylation sites (N-methyl/N-ethyl adjacent to an activating group) is 1. The minimum Gasteiger partial charge on any atom is -0.490 e. The molecule has 1 aromatic carbocycles. The van der Waals surface area contributed by atoms with Crippen molar-refractivity contribution in [2.75, 3.05) is 53.0 Å². The molecule has 0 radical (unpaired) electrons. The third kappa shape index (κ3) is 7.42. The molecule has 1 fully saturated rings. The maximum absolute atomic E-state index is 5.92. The van der Waals surface area contributed by atoms with E-state index >= 15 is 0 Å². The molecule has 0 atom stereocenters. The van der Waals surface area contributed by atoms with Crippen LogP contribution in [0.15, 0.2) is 24.3 Å². The molecule has 2 rings (SSSR count). The molecular formula is C18H31ClN2O2. The highest BCUT2D eigenvalue weighted by molar-refractivity contribution is 5.85. The van der Waals surface area contributed by atoms with Gasteiger partial charge in [0.25, 0.3) is 0 Å². The molecule has 132 valence electrons. The van der Waals surface area contributed by atoms with Gasteiger partial charge in [0, 0.05) is 32.7 Å². The van der Waals surface area contributed by atoms with Crippen LogP contribution in [0.2, 0.25) is 0 Å². The predicted octanol–water partition coefficient (Wildman–Crippen LogP) is 3.30. The Kier molecular flexibility index (Phi) is 10.1. The molecule has 0 amide bonds. The maximum Gasteiger partial charge on any atom is 0.161 e. The van der Waals surface area contributed by atoms with Gasteiger partial charge in [-0.1, -0.05) is 25.5 Å². The average Bonchev–Trinajstić information content (AvgIpc) is 2.55. The quantitative estimate of drug-likeness (QED) is 0.643. The molecule has 0 bridgehead atoms. The van der Waals surface area contributed by atoms with E-state index in [0.717, 1.165) is 50.5 Å². The fraction of sp³-hybridized carbons (Fsp3) is 0.667. The van der Waals surface area contributed by atoms with Crippen molar-refractivity contribution in [3.8, 4) is 11.5 Å². The molecule has 0 N–H and O–H groups in total. The fourth-order valence-electron chi connectivity index (χ4n) is 2.56. The third-order valence-corrected chi connectivity index (χ3v) is 4.08. The van der Waals surface area contributed by atoms with Gasteiger partial charge in [0.05, 0.1) is 13.2 Å². The molecule has 0 aliphatic carbocycles. The van der Waals surface area contributed by atoms with Gasteiger partial charge in [-0.15, -0.1) is 12.4 Å². The van der Waals surface area contributed by atoms with Gasteiger partial charge in [0.1, 0.15) is 0 Å². The van der Waals surface area contributed by atoms with Crippen LogP contribution in [0.5, 0.6) is 11.5 Å². The van der Waals surface area contributed by atoms with Gasteiger partial charge in [-0.25, -0.2) is 0 Å². The molecule has 0 unspecified atom stereocenters. The molecule has 5 heteroatoms. The Bertz CT molecular complexity index is 423. The van der Waals surface area contributed by atoms with Crippen LogP contribution in [-0.2, 0) is 0 Å². The van der Waals surface area contributed by atoms with Crippen molar-refractivity contribution in [1.29, 1.82) is 0 Å². The highest BCUT2D eigenvalue weighted by Crippen LogP contribution is 2.26. The predicted molar refractivity (Wildman–Crippen MR) is 98.1 cm³/mol. The van der Waals surface area contributed by atoms with Gasteiger partial charge in [-0.05, 0) is 32.0 Å². The van der Waals surface area contributed by atoms with Crippen LogP contribution in [0, 0.1) is 0 Å². The van der Waals surface area contributed by atoms with Crippen molar-refractivity contribution in [2.24, 2.45) is 0 Å². The molecule has 1 saturated heterocycles. The zero-order valence-corrected chi connectivity index (χ0v) is 15.3. The van der Waals surface area contributed by atoms with E-state index in [4.69, 9.17) is 9.47 Å². The monoisotopic (exact) mass is 342 g/mol. The Morgan fingerprint density at radius 2 is 1.48 bits per heavy atom. The number of unbranched alkanes of at least 4 members (excludes halogenated alkanes) is 1. The van der Waals surface area contributed by atoms with E-state index in [0.29, 0.717) is 0 Å². The molecule has 0 spiro atoms. The standard InChI is InChI=1S/C18H30N2O2.ClH/c1-3-4-15-21-17-8-5-6-9-18(17)22-16-7-10-20-13-11-19(2)12-14-20;/h5-6,8-9H,3-4,7,10-16H2,1-2H3;1H. The first kappa shape index (κ1) is 20.1. The molecule has 0 saturated carbocycles. The van der Waals surface area contributed by atoms with Crippen molar-refractivity contribution in [3.05, 3.63) is 24.3 Å². The minimum atomic E-state index is 0. The average molecular weight is 343 g/mol. The molecule has 0 aromatic heterocycles. The summed E-state index contributed by atoms with van der Waals surface area (Å²) in [6.07, 6.45) is 3.29. The minimum absolute atomic E-state index is 0. The van der Waals surface area contributed by atoms with E-state index in [9.17, 15) is 0 Å². The summed E-state index contributed by atoms with van der Waals surface area (Å²) < 4.78 is 11.7. The smallest absolute Gasteiger partial charge is 0.161 e. The third-order valence-electron chi connectivity index (χ3n) is 4.08. The molecule has 1 aliphatic heterocycles. The number of piperazine rings is 1. The first-order valence-corrected chi connectivity index (χ1v) is 8.55. The zero-order chi connectivity index (χ0) is 15.6. The number of hydrogen-bond donors (Lipinski definition) is 0. The molecule has 1 aliphatic rings. The number of rotatable bonds is 9. The largest absolute Gasteiger partial charge is 0.490 e. The van der Waals surface area contributed by atoms with E-state index in [1.807, 2.05) is 24.3 Å². The van der Waals surface area contributed by atoms with E-state index < -0.39 is 0 Å². The van der Waals surface area contributed by atoms with E-state index in [-0.39, 0.29) is 12.4 Å². The van der Waals surface area contributed by atoms with Crippen LogP contribution >= 0.6 is 12.4 Å². The van der Waals surface area contributed by atoms with Gasteiger partial charge in [-0.2, -0.15) is 0 Å². The van der Waals surface area contributed by atoms with Crippen LogP contribution in [0.1, 0.15) is 26.2 Å². The molecule has 1 aromatic rings. The van der Waals surface area contributed by atoms with Crippen molar-refractivity contribution < 1.29 is 9.47 Å². The Morgan fingerprint density at radius 3 is 2.04 bits per heavy atom. The van der Waals surface area contributed by atoms with E-state index in [1.165, 1.54) is 26.2 Å². The zero-order valence-electron chi connectivity index (χ0n) is 14.5. The second-order valence-corrected chi connectivity index (χ2v) is 6.00. The summed E-state index contributed by atoms with van der Waals surface area (Å²) in [5, 5.41) is 0. The van der Waals surface area contributed by atoms with Gasteiger partial charge in [0.2, 0.25) is 0 Å². The van der Waals surface area contributed by atoms with Crippen LogP contribution in [0.3, 0.4) is 0 Å². The highest BCUT2D eigenvalue weighted by Gasteiger charge is 2.13. The first-order valence-electron chi connectivity index (χ1n) is 8.55. The van der Waals surface area contributed by atoms with Crippen molar-refractivity contribution in [1.82, 2.24) is 9.80 Å². The van der Waals surface area contributed by atoms with Crippen LogP contribution in [-0.4, -0.2) is 62.8 Å². The maximum atomic E-state index is 5.92. The molecule has 1 heterocycles. The lowest BCUT2D eigenvalue weighted by Crippen LogP contribution is -2.44. The van der Waals surface area contributed by atoms with Crippen molar-refractivity contribution >= 4 is 12.4 Å². The SMILES string of the molecule is CCCCOc1ccccc1OCCCN1CCN(C)CC1.Cl. The topological polar surface area (TPSA) is 24.9 Å². The van der Waals surface area contributed by atoms with Gasteiger partial charge >= 0.3 is 0 Å². The van der Waals surface area contributed by atoms with Crippen molar-refractivity contribution in [2.45, 2.75) is 26.2 Å². The number of ether oxygens (including phenoxy) is 2. The summed E-state index contributed by atoms with van der Waals surface area (Å²) >= 11 is 0. The van der Waals surface area contributed by atoms with Crippen LogP contribution < -0.4 is 9.47 Å². The van der Waals surface area contributed by atoms with Crippen LogP contribution in [0.25, 0.3) is 0 Å². The summed E-state index contributed by atoms with van der Waals surface area (Å²) in [5.74, 6) is 1.74. The Balaban J connectivity index is 0.00000264. The number of nitrogens with zero attached hydrogens (tertiary/aromatic N) is 2. The van der Waals surface area contributed by atoms with E-state index in [2.05, 4.69) is 23.8 Å². The lowest BCUT2D eigenvalue weighted by molar-refractivity contribution is 0.145. The fourth-order valence-corrected chi connectivity index (χ4v) is 2.56. The summed E-state index contributed by atoms with van der Waals surface area (Å²) in [5.41, 5.74) is 0. The summed E-state index contributed by atoms with van der Waals surface area (Å²) in [6, 6.07) is 7.99. The van der Waals surface area contributed by atoms with Crippen molar-refractivity contribution in [3.63, 3.8) is 0 Å². The number of hydrogen-bond acceptors (Lipinski definition) is 4. The second-order valence-electron chi connectivity index (χ2n) is 6.00. The number of para-hydroxylation sites is 2. The van der Waals surface area contributed by atoms with Crippen LogP contribution in [0.4, 0.5) is 0 Å². The molecule has 23 heavy (non-hydrogen) atoms. The normalized spacial score (nSPS) is 15.9. The Hall–Kier alpha value is -0.970. The Morgan fingerprint density at radius 1 is 0.913 bits per heavy atom. The lowest BCUT2D eigenvalue weighted by atomic mass is 10.3. The highest BCUT2D eigenvalue weighted by atomic mass is 35.5. The first-order chi connectivity index (χ1) is 10.8. The molecular weight excluding hydrogens is 312 g/mol. The second kappa shape index (κ2) is 11.5. The summed E-state index contributed by atoms with van der Waals surface area (Å²) in [4.78, 5) is 4.91. The number of benzene rings is 1. The van der Waals surface area contributed by atoms with Gasteiger partial charge in [0.15, 0.2) is 11.5 Å². The molecule has 4 nitrogen and oxygen atoms in total. The summed E-state index contributed by atoms with van der Waals surface area (Å²) in [6.45, 7) is 9.50. The number of halogens is 1. The van der Waals surface area contributed by atoms with Gasteiger partial charge in [-0.3, -0.25) is 0 Å².